The van der Waals surface area contributed by atoms with Crippen molar-refractivity contribution in [1.82, 2.24) is 25.1 Å². The minimum Gasteiger partial charge on any atom is -0.347 e. The van der Waals surface area contributed by atoms with Crippen molar-refractivity contribution >= 4 is 6.03 Å². The molecule has 1 aliphatic carbocycles. The Morgan fingerprint density at radius 1 is 1.48 bits per heavy atom. The standard InChI is InChI=1S/C15H23N5O/c1-19-9-10-20(11-13(19)14-16-7-8-17-14)15(21)18-12-5-3-2-4-6-12/h3,5,7-8,12-13H,2,4,6,9-11H2,1H3,(H,16,17)(H,18,21)/t12-,13+/m1/s1. The molecule has 6 heteroatoms. The van der Waals surface area contributed by atoms with E-state index in [9.17, 15) is 4.79 Å². The summed E-state index contributed by atoms with van der Waals surface area (Å²) >= 11 is 0. The number of aromatic amines is 1. The van der Waals surface area contributed by atoms with Crippen LogP contribution in [0.1, 0.15) is 31.1 Å². The van der Waals surface area contributed by atoms with E-state index in [1.807, 2.05) is 11.1 Å². The van der Waals surface area contributed by atoms with E-state index < -0.39 is 0 Å². The van der Waals surface area contributed by atoms with Crippen molar-refractivity contribution in [2.75, 3.05) is 26.7 Å². The van der Waals surface area contributed by atoms with Crippen LogP contribution >= 0.6 is 0 Å². The van der Waals surface area contributed by atoms with Crippen LogP contribution in [0.4, 0.5) is 4.79 Å². The summed E-state index contributed by atoms with van der Waals surface area (Å²) in [5.41, 5.74) is 0. The van der Waals surface area contributed by atoms with Crippen molar-refractivity contribution in [3.63, 3.8) is 0 Å². The van der Waals surface area contributed by atoms with E-state index in [4.69, 9.17) is 0 Å². The van der Waals surface area contributed by atoms with E-state index in [1.165, 1.54) is 0 Å². The number of carbonyl (C=O) groups is 1. The van der Waals surface area contributed by atoms with E-state index in [2.05, 4.69) is 39.4 Å². The van der Waals surface area contributed by atoms with Crippen LogP contribution in [0.2, 0.25) is 0 Å². The Hall–Kier alpha value is -1.82. The van der Waals surface area contributed by atoms with Crippen molar-refractivity contribution in [2.45, 2.75) is 31.3 Å². The lowest BCUT2D eigenvalue weighted by atomic mass is 10.0. The van der Waals surface area contributed by atoms with E-state index in [-0.39, 0.29) is 18.1 Å². The van der Waals surface area contributed by atoms with Crippen molar-refractivity contribution < 1.29 is 4.79 Å². The maximum atomic E-state index is 12.4. The molecule has 0 bridgehead atoms. The molecular formula is C15H23N5O. The summed E-state index contributed by atoms with van der Waals surface area (Å²) in [6.07, 6.45) is 11.2. The topological polar surface area (TPSA) is 64.3 Å². The van der Waals surface area contributed by atoms with Crippen LogP contribution < -0.4 is 5.32 Å². The molecule has 0 saturated carbocycles. The highest BCUT2D eigenvalue weighted by molar-refractivity contribution is 5.75. The second kappa shape index (κ2) is 6.30. The average molecular weight is 289 g/mol. The molecule has 3 rings (SSSR count). The van der Waals surface area contributed by atoms with Gasteiger partial charge in [-0.15, -0.1) is 0 Å². The fourth-order valence-electron chi connectivity index (χ4n) is 3.00. The van der Waals surface area contributed by atoms with Gasteiger partial charge in [-0.1, -0.05) is 12.2 Å². The van der Waals surface area contributed by atoms with Gasteiger partial charge in [0.05, 0.1) is 6.04 Å². The predicted molar refractivity (Wildman–Crippen MR) is 80.8 cm³/mol. The molecule has 0 radical (unpaired) electrons. The molecule has 2 aliphatic rings. The molecule has 6 nitrogen and oxygen atoms in total. The molecule has 2 N–H and O–H groups in total. The number of urea groups is 1. The second-order valence-corrected chi connectivity index (χ2v) is 5.83. The number of likely N-dealkylation sites (N-methyl/N-ethyl adjacent to an activating group) is 1. The van der Waals surface area contributed by atoms with Gasteiger partial charge in [0.25, 0.3) is 0 Å². The van der Waals surface area contributed by atoms with Crippen LogP contribution in [-0.2, 0) is 0 Å². The quantitative estimate of drug-likeness (QED) is 0.811. The van der Waals surface area contributed by atoms with Gasteiger partial charge in [0, 0.05) is 38.1 Å². The Morgan fingerprint density at radius 2 is 2.38 bits per heavy atom. The molecule has 21 heavy (non-hydrogen) atoms. The molecule has 0 aromatic carbocycles. The monoisotopic (exact) mass is 289 g/mol. The van der Waals surface area contributed by atoms with E-state index in [1.54, 1.807) is 6.20 Å². The number of imidazole rings is 1. The van der Waals surface area contributed by atoms with E-state index >= 15 is 0 Å². The third-order valence-corrected chi connectivity index (χ3v) is 4.33. The Kier molecular flexibility index (Phi) is 4.24. The van der Waals surface area contributed by atoms with Gasteiger partial charge in [-0.2, -0.15) is 0 Å². The molecule has 2 heterocycles. The van der Waals surface area contributed by atoms with Gasteiger partial charge >= 0.3 is 6.03 Å². The molecule has 1 saturated heterocycles. The molecule has 1 aromatic rings. The molecule has 1 fully saturated rings. The van der Waals surface area contributed by atoms with Crippen LogP contribution in [0.25, 0.3) is 0 Å². The number of H-pyrrole nitrogens is 1. The third kappa shape index (κ3) is 3.26. The van der Waals surface area contributed by atoms with Crippen LogP contribution in [0.15, 0.2) is 24.5 Å². The maximum absolute atomic E-state index is 12.4. The smallest absolute Gasteiger partial charge is 0.317 e. The SMILES string of the molecule is CN1CCN(C(=O)N[C@@H]2C=CCCC2)C[C@H]1c1ncc[nH]1. The molecule has 2 amide bonds. The Morgan fingerprint density at radius 3 is 3.10 bits per heavy atom. The maximum Gasteiger partial charge on any atom is 0.317 e. The fourth-order valence-corrected chi connectivity index (χ4v) is 3.00. The molecule has 1 aliphatic heterocycles. The zero-order valence-electron chi connectivity index (χ0n) is 12.5. The van der Waals surface area contributed by atoms with Gasteiger partial charge in [0.15, 0.2) is 0 Å². The van der Waals surface area contributed by atoms with Gasteiger partial charge in [-0.25, -0.2) is 9.78 Å². The van der Waals surface area contributed by atoms with Crippen molar-refractivity contribution in [1.29, 1.82) is 0 Å². The number of carbonyl (C=O) groups excluding carboxylic acids is 1. The van der Waals surface area contributed by atoms with Gasteiger partial charge in [0.2, 0.25) is 0 Å². The molecular weight excluding hydrogens is 266 g/mol. The second-order valence-electron chi connectivity index (χ2n) is 5.83. The molecule has 0 spiro atoms. The van der Waals surface area contributed by atoms with Crippen LogP contribution in [0.3, 0.4) is 0 Å². The van der Waals surface area contributed by atoms with Crippen molar-refractivity contribution in [3.05, 3.63) is 30.4 Å². The van der Waals surface area contributed by atoms with Gasteiger partial charge < -0.3 is 15.2 Å². The lowest BCUT2D eigenvalue weighted by Crippen LogP contribution is -2.53. The average Bonchev–Trinajstić information content (AvgIpc) is 3.03. The third-order valence-electron chi connectivity index (χ3n) is 4.33. The largest absolute Gasteiger partial charge is 0.347 e. The number of nitrogens with one attached hydrogen (secondary N) is 2. The normalized spacial score (nSPS) is 26.8. The Balaban J connectivity index is 1.61. The van der Waals surface area contributed by atoms with E-state index in [0.29, 0.717) is 6.54 Å². The first-order valence-corrected chi connectivity index (χ1v) is 7.65. The molecule has 114 valence electrons. The van der Waals surface area contributed by atoms with Gasteiger partial charge in [-0.3, -0.25) is 4.90 Å². The summed E-state index contributed by atoms with van der Waals surface area (Å²) in [5.74, 6) is 0.924. The number of amides is 2. The van der Waals surface area contributed by atoms with Crippen LogP contribution in [0.5, 0.6) is 0 Å². The number of piperazine rings is 1. The van der Waals surface area contributed by atoms with Crippen LogP contribution in [0, 0.1) is 0 Å². The number of hydrogen-bond donors (Lipinski definition) is 2. The minimum atomic E-state index is 0.0382. The summed E-state index contributed by atoms with van der Waals surface area (Å²) in [4.78, 5) is 24.0. The highest BCUT2D eigenvalue weighted by atomic mass is 16.2. The predicted octanol–water partition coefficient (Wildman–Crippen LogP) is 1.52. The molecule has 1 aromatic heterocycles. The zero-order chi connectivity index (χ0) is 14.7. The Labute approximate surface area is 125 Å². The summed E-state index contributed by atoms with van der Waals surface area (Å²) in [5, 5.41) is 3.12. The van der Waals surface area contributed by atoms with E-state index in [0.717, 1.165) is 38.2 Å². The lowest BCUT2D eigenvalue weighted by molar-refractivity contribution is 0.105. The zero-order valence-corrected chi connectivity index (χ0v) is 12.5. The first kappa shape index (κ1) is 14.1. The van der Waals surface area contributed by atoms with Crippen LogP contribution in [-0.4, -0.2) is 58.5 Å². The number of allylic oxidation sites excluding steroid dienone is 1. The summed E-state index contributed by atoms with van der Waals surface area (Å²) in [6.45, 7) is 2.29. The van der Waals surface area contributed by atoms with Gasteiger partial charge in [0.1, 0.15) is 5.82 Å². The first-order chi connectivity index (χ1) is 10.2. The minimum absolute atomic E-state index is 0.0382. The van der Waals surface area contributed by atoms with Gasteiger partial charge in [-0.05, 0) is 26.3 Å². The summed E-state index contributed by atoms with van der Waals surface area (Å²) < 4.78 is 0. The number of hydrogen-bond acceptors (Lipinski definition) is 3. The number of nitrogens with zero attached hydrogens (tertiary/aromatic N) is 3. The fraction of sp³-hybridized carbons (Fsp3) is 0.600. The lowest BCUT2D eigenvalue weighted by Gasteiger charge is -2.39. The number of aromatic nitrogens is 2. The molecule has 2 atom stereocenters. The summed E-state index contributed by atoms with van der Waals surface area (Å²) in [6, 6.07) is 0.366. The summed E-state index contributed by atoms with van der Waals surface area (Å²) in [7, 11) is 2.08. The number of rotatable bonds is 2. The first-order valence-electron chi connectivity index (χ1n) is 7.65. The van der Waals surface area contributed by atoms with Crippen molar-refractivity contribution in [3.8, 4) is 0 Å². The van der Waals surface area contributed by atoms with Crippen molar-refractivity contribution in [2.24, 2.45) is 0 Å². The Bertz CT molecular complexity index is 498. The highest BCUT2D eigenvalue weighted by Crippen LogP contribution is 2.21. The molecule has 0 unspecified atom stereocenters. The highest BCUT2D eigenvalue weighted by Gasteiger charge is 2.30.